The lowest BCUT2D eigenvalue weighted by atomic mass is 9.90. The summed E-state index contributed by atoms with van der Waals surface area (Å²) in [6.45, 7) is 0.905. The van der Waals surface area contributed by atoms with E-state index in [0.29, 0.717) is 6.04 Å². The number of aromatic nitrogens is 2. The molecule has 1 fully saturated rings. The Balaban J connectivity index is 1.83. The largest absolute Gasteiger partial charge is 0.317 e. The molecule has 0 aliphatic heterocycles. The molecule has 0 saturated heterocycles. The molecule has 0 amide bonds. The molecule has 1 aromatic rings. The van der Waals surface area contributed by atoms with E-state index in [1.807, 2.05) is 6.20 Å². The Morgan fingerprint density at radius 2 is 2.06 bits per heavy atom. The third-order valence-corrected chi connectivity index (χ3v) is 3.76. The highest BCUT2D eigenvalue weighted by Crippen LogP contribution is 2.22. The van der Waals surface area contributed by atoms with E-state index in [-0.39, 0.29) is 0 Å². The molecule has 1 heterocycles. The molecule has 0 unspecified atom stereocenters. The standard InChI is InChI=1S/C13H22N4/c1-14-11-3-5-13(6-4-11)17(2)10-12-9-15-7-8-16-12/h7-9,11,13-14H,3-6,10H2,1-2H3. The van der Waals surface area contributed by atoms with Crippen LogP contribution in [0.5, 0.6) is 0 Å². The lowest BCUT2D eigenvalue weighted by molar-refractivity contribution is 0.168. The number of nitrogens with zero attached hydrogens (tertiary/aromatic N) is 3. The maximum absolute atomic E-state index is 4.33. The normalized spacial score (nSPS) is 25.1. The molecule has 1 aliphatic carbocycles. The first-order valence-electron chi connectivity index (χ1n) is 6.42. The Hall–Kier alpha value is -1.00. The minimum Gasteiger partial charge on any atom is -0.317 e. The van der Waals surface area contributed by atoms with Gasteiger partial charge in [0.25, 0.3) is 0 Å². The molecule has 1 aromatic heterocycles. The van der Waals surface area contributed by atoms with Crippen LogP contribution in [0.1, 0.15) is 31.4 Å². The van der Waals surface area contributed by atoms with E-state index < -0.39 is 0 Å². The molecule has 0 radical (unpaired) electrons. The highest BCUT2D eigenvalue weighted by molar-refractivity contribution is 4.95. The highest BCUT2D eigenvalue weighted by Gasteiger charge is 2.23. The van der Waals surface area contributed by atoms with Crippen LogP contribution < -0.4 is 5.32 Å². The van der Waals surface area contributed by atoms with Gasteiger partial charge in [-0.05, 0) is 39.8 Å². The monoisotopic (exact) mass is 234 g/mol. The SMILES string of the molecule is CNC1CCC(N(C)Cc2cnccn2)CC1. The van der Waals surface area contributed by atoms with E-state index in [1.54, 1.807) is 12.4 Å². The van der Waals surface area contributed by atoms with Gasteiger partial charge in [0.1, 0.15) is 0 Å². The quantitative estimate of drug-likeness (QED) is 0.856. The third-order valence-electron chi connectivity index (χ3n) is 3.76. The van der Waals surface area contributed by atoms with Gasteiger partial charge in [0, 0.05) is 37.2 Å². The Labute approximate surface area is 103 Å². The summed E-state index contributed by atoms with van der Waals surface area (Å²) in [4.78, 5) is 10.8. The van der Waals surface area contributed by atoms with E-state index in [4.69, 9.17) is 0 Å². The zero-order valence-corrected chi connectivity index (χ0v) is 10.8. The van der Waals surface area contributed by atoms with Crippen LogP contribution in [0.4, 0.5) is 0 Å². The molecule has 0 bridgehead atoms. The Morgan fingerprint density at radius 3 is 2.65 bits per heavy atom. The minimum absolute atomic E-state index is 0.696. The van der Waals surface area contributed by atoms with Crippen molar-refractivity contribution in [2.24, 2.45) is 0 Å². The lowest BCUT2D eigenvalue weighted by Crippen LogP contribution is -2.39. The van der Waals surface area contributed by atoms with E-state index in [2.05, 4.69) is 34.3 Å². The van der Waals surface area contributed by atoms with Crippen LogP contribution in [0.3, 0.4) is 0 Å². The summed E-state index contributed by atoms with van der Waals surface area (Å²) in [5, 5.41) is 3.37. The number of nitrogens with one attached hydrogen (secondary N) is 1. The van der Waals surface area contributed by atoms with Crippen LogP contribution >= 0.6 is 0 Å². The predicted molar refractivity (Wildman–Crippen MR) is 68.6 cm³/mol. The van der Waals surface area contributed by atoms with Crippen molar-refractivity contribution < 1.29 is 0 Å². The van der Waals surface area contributed by atoms with Crippen LogP contribution in [0.15, 0.2) is 18.6 Å². The molecule has 94 valence electrons. The molecular formula is C13H22N4. The van der Waals surface area contributed by atoms with Gasteiger partial charge in [-0.15, -0.1) is 0 Å². The third kappa shape index (κ3) is 3.48. The maximum Gasteiger partial charge on any atom is 0.0726 e. The first-order chi connectivity index (χ1) is 8.29. The fourth-order valence-corrected chi connectivity index (χ4v) is 2.60. The molecule has 1 saturated carbocycles. The van der Waals surface area contributed by atoms with Crippen LogP contribution in [-0.4, -0.2) is 41.0 Å². The molecule has 1 N–H and O–H groups in total. The van der Waals surface area contributed by atoms with Gasteiger partial charge in [0.15, 0.2) is 0 Å². The molecule has 1 aliphatic rings. The van der Waals surface area contributed by atoms with Crippen LogP contribution in [0.2, 0.25) is 0 Å². The molecule has 0 atom stereocenters. The average molecular weight is 234 g/mol. The highest BCUT2D eigenvalue weighted by atomic mass is 15.1. The van der Waals surface area contributed by atoms with Gasteiger partial charge in [-0.2, -0.15) is 0 Å². The molecule has 0 spiro atoms. The number of rotatable bonds is 4. The van der Waals surface area contributed by atoms with Gasteiger partial charge >= 0.3 is 0 Å². The first kappa shape index (κ1) is 12.5. The number of hydrogen-bond acceptors (Lipinski definition) is 4. The molecule has 2 rings (SSSR count). The predicted octanol–water partition coefficient (Wildman–Crippen LogP) is 1.44. The summed E-state index contributed by atoms with van der Waals surface area (Å²) in [6.07, 6.45) is 10.5. The fourth-order valence-electron chi connectivity index (χ4n) is 2.60. The van der Waals surface area contributed by atoms with E-state index in [1.165, 1.54) is 25.7 Å². The molecule has 0 aromatic carbocycles. The molecule has 4 heteroatoms. The summed E-state index contributed by atoms with van der Waals surface area (Å²) in [6, 6.07) is 1.41. The maximum atomic E-state index is 4.33. The lowest BCUT2D eigenvalue weighted by Gasteiger charge is -2.34. The van der Waals surface area contributed by atoms with Gasteiger partial charge < -0.3 is 5.32 Å². The molecular weight excluding hydrogens is 212 g/mol. The zero-order valence-electron chi connectivity index (χ0n) is 10.8. The van der Waals surface area contributed by atoms with Crippen molar-refractivity contribution in [3.63, 3.8) is 0 Å². The molecule has 4 nitrogen and oxygen atoms in total. The van der Waals surface area contributed by atoms with Crippen LogP contribution in [0.25, 0.3) is 0 Å². The Morgan fingerprint density at radius 1 is 1.29 bits per heavy atom. The van der Waals surface area contributed by atoms with Crippen molar-refractivity contribution in [1.82, 2.24) is 20.2 Å². The molecule has 17 heavy (non-hydrogen) atoms. The summed E-state index contributed by atoms with van der Waals surface area (Å²) in [7, 11) is 4.26. The van der Waals surface area contributed by atoms with Crippen molar-refractivity contribution in [3.05, 3.63) is 24.3 Å². The van der Waals surface area contributed by atoms with E-state index >= 15 is 0 Å². The smallest absolute Gasteiger partial charge is 0.0726 e. The topological polar surface area (TPSA) is 41.0 Å². The van der Waals surface area contributed by atoms with Gasteiger partial charge in [-0.1, -0.05) is 0 Å². The van der Waals surface area contributed by atoms with Crippen LogP contribution in [0, 0.1) is 0 Å². The van der Waals surface area contributed by atoms with Gasteiger partial charge in [0.05, 0.1) is 5.69 Å². The minimum atomic E-state index is 0.696. The van der Waals surface area contributed by atoms with E-state index in [9.17, 15) is 0 Å². The second-order valence-electron chi connectivity index (χ2n) is 4.91. The van der Waals surface area contributed by atoms with Crippen LogP contribution in [-0.2, 0) is 6.54 Å². The second-order valence-corrected chi connectivity index (χ2v) is 4.91. The van der Waals surface area contributed by atoms with Crippen molar-refractivity contribution in [1.29, 1.82) is 0 Å². The summed E-state index contributed by atoms with van der Waals surface area (Å²) in [5.74, 6) is 0. The van der Waals surface area contributed by atoms with Crippen molar-refractivity contribution in [2.75, 3.05) is 14.1 Å². The summed E-state index contributed by atoms with van der Waals surface area (Å²) >= 11 is 0. The zero-order chi connectivity index (χ0) is 12.1. The first-order valence-corrected chi connectivity index (χ1v) is 6.42. The van der Waals surface area contributed by atoms with Gasteiger partial charge in [-0.3, -0.25) is 14.9 Å². The Kier molecular flexibility index (Phi) is 4.45. The van der Waals surface area contributed by atoms with Crippen molar-refractivity contribution in [2.45, 2.75) is 44.3 Å². The van der Waals surface area contributed by atoms with E-state index in [0.717, 1.165) is 18.3 Å². The number of hydrogen-bond donors (Lipinski definition) is 1. The van der Waals surface area contributed by atoms with Gasteiger partial charge in [-0.25, -0.2) is 0 Å². The summed E-state index contributed by atoms with van der Waals surface area (Å²) in [5.41, 5.74) is 1.06. The fraction of sp³-hybridized carbons (Fsp3) is 0.692. The second kappa shape index (κ2) is 6.07. The van der Waals surface area contributed by atoms with Crippen molar-refractivity contribution >= 4 is 0 Å². The summed E-state index contributed by atoms with van der Waals surface area (Å²) < 4.78 is 0. The van der Waals surface area contributed by atoms with Gasteiger partial charge in [0.2, 0.25) is 0 Å². The Bertz CT molecular complexity index is 319. The average Bonchev–Trinajstić information content (AvgIpc) is 2.40. The van der Waals surface area contributed by atoms with Crippen molar-refractivity contribution in [3.8, 4) is 0 Å².